The molecule has 1 fully saturated rings. The van der Waals surface area contributed by atoms with Crippen LogP contribution in [0.1, 0.15) is 17.5 Å². The summed E-state index contributed by atoms with van der Waals surface area (Å²) >= 11 is 0. The Balaban J connectivity index is 1.59. The number of rotatable bonds is 4. The van der Waals surface area contributed by atoms with Crippen molar-refractivity contribution in [2.45, 2.75) is 19.1 Å². The summed E-state index contributed by atoms with van der Waals surface area (Å²) in [7, 11) is 0. The van der Waals surface area contributed by atoms with Crippen molar-refractivity contribution in [2.24, 2.45) is 5.92 Å². The van der Waals surface area contributed by atoms with Crippen molar-refractivity contribution in [1.29, 1.82) is 0 Å². The van der Waals surface area contributed by atoms with Gasteiger partial charge in [0.25, 0.3) is 0 Å². The fourth-order valence-electron chi connectivity index (χ4n) is 2.89. The summed E-state index contributed by atoms with van der Waals surface area (Å²) < 4.78 is 37.7. The van der Waals surface area contributed by atoms with Crippen LogP contribution in [-0.4, -0.2) is 23.3 Å². The largest absolute Gasteiger partial charge is 0.416 e. The summed E-state index contributed by atoms with van der Waals surface area (Å²) in [6, 6.07) is 13.7. The van der Waals surface area contributed by atoms with E-state index in [0.717, 1.165) is 17.7 Å². The maximum atomic E-state index is 12.6. The third kappa shape index (κ3) is 4.22. The first kappa shape index (κ1) is 18.0. The maximum Gasteiger partial charge on any atom is 0.416 e. The minimum absolute atomic E-state index is 0.0965. The van der Waals surface area contributed by atoms with E-state index in [1.54, 1.807) is 4.90 Å². The summed E-state index contributed by atoms with van der Waals surface area (Å²) in [5, 5.41) is 2.58. The van der Waals surface area contributed by atoms with Crippen LogP contribution >= 0.6 is 0 Å². The van der Waals surface area contributed by atoms with Gasteiger partial charge in [-0.15, -0.1) is 0 Å². The fraction of sp³-hybridized carbons (Fsp3) is 0.263. The van der Waals surface area contributed by atoms with Crippen molar-refractivity contribution in [3.63, 3.8) is 0 Å². The SMILES string of the molecule is O=C(Nc1ccc(C(F)(F)F)cc1)C1CC(=O)N(Cc2ccccc2)C1. The average molecular weight is 362 g/mol. The van der Waals surface area contributed by atoms with Gasteiger partial charge in [-0.1, -0.05) is 30.3 Å². The lowest BCUT2D eigenvalue weighted by atomic mass is 10.1. The van der Waals surface area contributed by atoms with Crippen LogP contribution in [0, 0.1) is 5.92 Å². The van der Waals surface area contributed by atoms with Gasteiger partial charge in [0.1, 0.15) is 0 Å². The van der Waals surface area contributed by atoms with Gasteiger partial charge in [0.2, 0.25) is 11.8 Å². The molecule has 1 aliphatic rings. The highest BCUT2D eigenvalue weighted by atomic mass is 19.4. The van der Waals surface area contributed by atoms with Crippen LogP contribution in [0.15, 0.2) is 54.6 Å². The van der Waals surface area contributed by atoms with Gasteiger partial charge in [0.05, 0.1) is 11.5 Å². The van der Waals surface area contributed by atoms with Crippen LogP contribution in [0.25, 0.3) is 0 Å². The van der Waals surface area contributed by atoms with E-state index in [2.05, 4.69) is 5.32 Å². The lowest BCUT2D eigenvalue weighted by Crippen LogP contribution is -2.28. The highest BCUT2D eigenvalue weighted by molar-refractivity contribution is 5.97. The van der Waals surface area contributed by atoms with Gasteiger partial charge < -0.3 is 10.2 Å². The van der Waals surface area contributed by atoms with Crippen molar-refractivity contribution in [1.82, 2.24) is 4.90 Å². The zero-order chi connectivity index (χ0) is 18.7. The van der Waals surface area contributed by atoms with Gasteiger partial charge in [0, 0.05) is 25.2 Å². The van der Waals surface area contributed by atoms with Gasteiger partial charge >= 0.3 is 6.18 Å². The molecule has 0 saturated carbocycles. The van der Waals surface area contributed by atoms with Crippen LogP contribution in [0.5, 0.6) is 0 Å². The molecule has 1 aliphatic heterocycles. The Kier molecular flexibility index (Phi) is 4.97. The monoisotopic (exact) mass is 362 g/mol. The Morgan fingerprint density at radius 1 is 1.08 bits per heavy atom. The molecule has 136 valence electrons. The van der Waals surface area contributed by atoms with E-state index in [1.807, 2.05) is 30.3 Å². The van der Waals surface area contributed by atoms with Gasteiger partial charge in [0.15, 0.2) is 0 Å². The number of benzene rings is 2. The molecule has 7 heteroatoms. The summed E-state index contributed by atoms with van der Waals surface area (Å²) in [6.07, 6.45) is -4.32. The molecule has 0 aromatic heterocycles. The summed E-state index contributed by atoms with van der Waals surface area (Å²) in [4.78, 5) is 26.1. The number of nitrogens with one attached hydrogen (secondary N) is 1. The Labute approximate surface area is 148 Å². The van der Waals surface area contributed by atoms with Crippen molar-refractivity contribution >= 4 is 17.5 Å². The molecule has 0 spiro atoms. The summed E-state index contributed by atoms with van der Waals surface area (Å²) in [5.41, 5.74) is 0.474. The Morgan fingerprint density at radius 3 is 2.35 bits per heavy atom. The zero-order valence-corrected chi connectivity index (χ0v) is 13.8. The molecule has 26 heavy (non-hydrogen) atoms. The van der Waals surface area contributed by atoms with Crippen LogP contribution in [0.2, 0.25) is 0 Å². The van der Waals surface area contributed by atoms with Gasteiger partial charge in [-0.05, 0) is 29.8 Å². The first-order valence-electron chi connectivity index (χ1n) is 8.13. The molecule has 1 atom stereocenters. The minimum Gasteiger partial charge on any atom is -0.338 e. The van der Waals surface area contributed by atoms with Gasteiger partial charge in [-0.3, -0.25) is 9.59 Å². The zero-order valence-electron chi connectivity index (χ0n) is 13.8. The van der Waals surface area contributed by atoms with E-state index >= 15 is 0 Å². The first-order valence-corrected chi connectivity index (χ1v) is 8.13. The highest BCUT2D eigenvalue weighted by Gasteiger charge is 2.34. The number of likely N-dealkylation sites (tertiary alicyclic amines) is 1. The van der Waals surface area contributed by atoms with Gasteiger partial charge in [-0.25, -0.2) is 0 Å². The van der Waals surface area contributed by atoms with E-state index in [4.69, 9.17) is 0 Å². The van der Waals surface area contributed by atoms with Crippen molar-refractivity contribution in [2.75, 3.05) is 11.9 Å². The quantitative estimate of drug-likeness (QED) is 0.902. The van der Waals surface area contributed by atoms with Crippen LogP contribution in [0.4, 0.5) is 18.9 Å². The molecule has 2 aromatic carbocycles. The molecule has 2 aromatic rings. The minimum atomic E-state index is -4.42. The van der Waals surface area contributed by atoms with E-state index < -0.39 is 17.7 Å². The molecular formula is C19H17F3N2O2. The normalized spacial score (nSPS) is 17.4. The highest BCUT2D eigenvalue weighted by Crippen LogP contribution is 2.30. The van der Waals surface area contributed by atoms with Crippen molar-refractivity contribution < 1.29 is 22.8 Å². The molecule has 1 unspecified atom stereocenters. The average Bonchev–Trinajstić information content (AvgIpc) is 2.96. The maximum absolute atomic E-state index is 12.6. The number of carbonyl (C=O) groups is 2. The number of nitrogens with zero attached hydrogens (tertiary/aromatic N) is 1. The lowest BCUT2D eigenvalue weighted by molar-refractivity contribution is -0.137. The fourth-order valence-corrected chi connectivity index (χ4v) is 2.89. The lowest BCUT2D eigenvalue weighted by Gasteiger charge is -2.16. The number of amides is 2. The number of halogens is 3. The number of alkyl halides is 3. The Hall–Kier alpha value is -2.83. The first-order chi connectivity index (χ1) is 12.3. The molecule has 1 heterocycles. The molecule has 4 nitrogen and oxygen atoms in total. The van der Waals surface area contributed by atoms with E-state index in [9.17, 15) is 22.8 Å². The molecular weight excluding hydrogens is 345 g/mol. The second kappa shape index (κ2) is 7.19. The number of anilines is 1. The third-order valence-corrected chi connectivity index (χ3v) is 4.28. The molecule has 1 N–H and O–H groups in total. The second-order valence-electron chi connectivity index (χ2n) is 6.23. The molecule has 1 saturated heterocycles. The summed E-state index contributed by atoms with van der Waals surface area (Å²) in [5.74, 6) is -0.997. The second-order valence-corrected chi connectivity index (χ2v) is 6.23. The number of hydrogen-bond donors (Lipinski definition) is 1. The van der Waals surface area contributed by atoms with Crippen LogP contribution < -0.4 is 5.32 Å². The van der Waals surface area contributed by atoms with Crippen molar-refractivity contribution in [3.8, 4) is 0 Å². The van der Waals surface area contributed by atoms with E-state index in [-0.39, 0.29) is 23.9 Å². The van der Waals surface area contributed by atoms with Crippen molar-refractivity contribution in [3.05, 3.63) is 65.7 Å². The Bertz CT molecular complexity index is 789. The summed E-state index contributed by atoms with van der Waals surface area (Å²) in [6.45, 7) is 0.726. The number of hydrogen-bond acceptors (Lipinski definition) is 2. The van der Waals surface area contributed by atoms with Crippen LogP contribution in [0.3, 0.4) is 0 Å². The topological polar surface area (TPSA) is 49.4 Å². The standard InChI is InChI=1S/C19H17F3N2O2/c20-19(21,22)15-6-8-16(9-7-15)23-18(26)14-10-17(25)24(12-14)11-13-4-2-1-3-5-13/h1-9,14H,10-12H2,(H,23,26). The predicted molar refractivity (Wildman–Crippen MR) is 90.0 cm³/mol. The van der Waals surface area contributed by atoms with E-state index in [0.29, 0.717) is 13.1 Å². The smallest absolute Gasteiger partial charge is 0.338 e. The molecule has 3 rings (SSSR count). The molecule has 0 bridgehead atoms. The van der Waals surface area contributed by atoms with E-state index in [1.165, 1.54) is 12.1 Å². The molecule has 2 amide bonds. The molecule has 0 radical (unpaired) electrons. The van der Waals surface area contributed by atoms with Gasteiger partial charge in [-0.2, -0.15) is 13.2 Å². The predicted octanol–water partition coefficient (Wildman–Crippen LogP) is 3.69. The Morgan fingerprint density at radius 2 is 1.73 bits per heavy atom. The molecule has 0 aliphatic carbocycles. The number of carbonyl (C=O) groups excluding carboxylic acids is 2. The third-order valence-electron chi connectivity index (χ3n) is 4.28. The van der Waals surface area contributed by atoms with Crippen LogP contribution in [-0.2, 0) is 22.3 Å².